The molecule has 4 aliphatic carbocycles. The van der Waals surface area contributed by atoms with Gasteiger partial charge in [-0.1, -0.05) is 71.1 Å². The molecule has 0 saturated heterocycles. The summed E-state index contributed by atoms with van der Waals surface area (Å²) in [4.78, 5) is 13.6. The molecule has 1 N–H and O–H groups in total. The zero-order valence-corrected chi connectivity index (χ0v) is 21.9. The lowest BCUT2D eigenvalue weighted by Crippen LogP contribution is -2.65. The fourth-order valence-corrected chi connectivity index (χ4v) is 7.73. The van der Waals surface area contributed by atoms with Crippen LogP contribution in [-0.4, -0.2) is 30.1 Å². The number of nitrogens with one attached hydrogen (secondary N) is 1. The predicted octanol–water partition coefficient (Wildman–Crippen LogP) is 7.79. The van der Waals surface area contributed by atoms with Crippen LogP contribution in [0.15, 0.2) is 0 Å². The highest BCUT2D eigenvalue weighted by Gasteiger charge is 2.55. The second-order valence-corrected chi connectivity index (χ2v) is 12.0. The van der Waals surface area contributed by atoms with E-state index in [-0.39, 0.29) is 5.41 Å². The molecule has 186 valence electrons. The van der Waals surface area contributed by atoms with Crippen LogP contribution < -0.4 is 5.43 Å². The average Bonchev–Trinajstić information content (AvgIpc) is 2.78. The van der Waals surface area contributed by atoms with Crippen molar-refractivity contribution in [2.45, 2.75) is 136 Å². The first-order chi connectivity index (χ1) is 15.5. The highest BCUT2D eigenvalue weighted by molar-refractivity contribution is 5.82. The maximum atomic E-state index is 13.6. The number of carbonyl (C=O) groups excluding carboxylic acids is 1. The summed E-state index contributed by atoms with van der Waals surface area (Å²) in [6, 6.07) is 0. The summed E-state index contributed by atoms with van der Waals surface area (Å²) >= 11 is 0. The lowest BCUT2D eigenvalue weighted by molar-refractivity contribution is -0.958. The summed E-state index contributed by atoms with van der Waals surface area (Å²) in [5.74, 6) is 2.94. The molecule has 4 aliphatic rings. The number of carbonyl (C=O) groups is 1. The van der Waals surface area contributed by atoms with E-state index in [9.17, 15) is 4.79 Å². The van der Waals surface area contributed by atoms with Crippen LogP contribution in [0.1, 0.15) is 136 Å². The van der Waals surface area contributed by atoms with Gasteiger partial charge in [-0.2, -0.15) is 0 Å². The summed E-state index contributed by atoms with van der Waals surface area (Å²) in [6.07, 6.45) is 24.5. The molecule has 0 heterocycles. The van der Waals surface area contributed by atoms with Gasteiger partial charge in [-0.3, -0.25) is 4.79 Å². The van der Waals surface area contributed by atoms with E-state index in [1.807, 2.05) is 0 Å². The second kappa shape index (κ2) is 12.8. The Balaban J connectivity index is 1.33. The van der Waals surface area contributed by atoms with E-state index < -0.39 is 0 Å². The van der Waals surface area contributed by atoms with Crippen LogP contribution in [0.3, 0.4) is 0 Å². The first-order valence-corrected chi connectivity index (χ1v) is 14.7. The van der Waals surface area contributed by atoms with Gasteiger partial charge in [0, 0.05) is 0 Å². The lowest BCUT2D eigenvalue weighted by atomic mass is 9.49. The van der Waals surface area contributed by atoms with Gasteiger partial charge in [-0.25, -0.2) is 10.0 Å². The number of quaternary nitrogens is 1. The van der Waals surface area contributed by atoms with Gasteiger partial charge in [0.05, 0.1) is 18.5 Å². The van der Waals surface area contributed by atoms with Crippen molar-refractivity contribution in [3.05, 3.63) is 0 Å². The Morgan fingerprint density at radius 3 is 1.50 bits per heavy atom. The third-order valence-corrected chi connectivity index (χ3v) is 9.51. The number of unbranched alkanes of at least 4 members (excludes halogenated alkanes) is 11. The van der Waals surface area contributed by atoms with Gasteiger partial charge in [-0.15, -0.1) is 0 Å². The molecule has 4 rings (SSSR count). The number of hydrogen-bond acceptors (Lipinski definition) is 1. The second-order valence-electron chi connectivity index (χ2n) is 12.0. The highest BCUT2D eigenvalue weighted by Crippen LogP contribution is 2.60. The first kappa shape index (κ1) is 26.0. The summed E-state index contributed by atoms with van der Waals surface area (Å²) < 4.78 is 0.804. The molecular formula is C29H55N2O+. The highest BCUT2D eigenvalue weighted by atomic mass is 16.2. The van der Waals surface area contributed by atoms with Gasteiger partial charge >= 0.3 is 0 Å². The molecule has 4 bridgehead atoms. The minimum absolute atomic E-state index is 0.0148. The van der Waals surface area contributed by atoms with Crippen molar-refractivity contribution >= 4 is 5.91 Å². The summed E-state index contributed by atoms with van der Waals surface area (Å²) in [6.45, 7) is 9.98. The Bertz CT molecular complexity index is 518. The van der Waals surface area contributed by atoms with E-state index in [4.69, 9.17) is 0 Å². The molecule has 0 unspecified atom stereocenters. The molecule has 3 heteroatoms. The molecule has 1 amide bonds. The van der Waals surface area contributed by atoms with Gasteiger partial charge in [0.15, 0.2) is 0 Å². The van der Waals surface area contributed by atoms with Gasteiger partial charge in [0.2, 0.25) is 0 Å². The van der Waals surface area contributed by atoms with Crippen molar-refractivity contribution < 1.29 is 9.39 Å². The SMILES string of the molecule is CCCCCCCCCCCCCC[N+](CC)(CC)NC(=O)C12CC3CC(CC(C3)C1)C2. The maximum absolute atomic E-state index is 13.6. The van der Waals surface area contributed by atoms with E-state index in [1.165, 1.54) is 116 Å². The van der Waals surface area contributed by atoms with Gasteiger partial charge < -0.3 is 0 Å². The van der Waals surface area contributed by atoms with Crippen LogP contribution in [0.25, 0.3) is 0 Å². The molecule has 4 saturated carbocycles. The Morgan fingerprint density at radius 1 is 0.688 bits per heavy atom. The van der Waals surface area contributed by atoms with Crippen LogP contribution in [0.5, 0.6) is 0 Å². The van der Waals surface area contributed by atoms with E-state index in [2.05, 4.69) is 26.2 Å². The Labute approximate surface area is 200 Å². The molecule has 0 aromatic rings. The largest absolute Gasteiger partial charge is 0.271 e. The third-order valence-electron chi connectivity index (χ3n) is 9.51. The number of nitrogens with zero attached hydrogens (tertiary/aromatic N) is 1. The molecule has 3 nitrogen and oxygen atoms in total. The predicted molar refractivity (Wildman–Crippen MR) is 136 cm³/mol. The lowest BCUT2D eigenvalue weighted by Gasteiger charge is -2.56. The number of hydrogen-bond donors (Lipinski definition) is 1. The standard InChI is InChI=1S/C29H54N2O/c1-4-7-8-9-10-11-12-13-14-15-16-17-18-31(5-2,6-3)30-28(32)29-22-25-19-26(23-29)21-27(20-25)24-29/h25-27H,4-24H2,1-3H3/p+1. The maximum Gasteiger partial charge on any atom is 0.271 e. The fraction of sp³-hybridized carbons (Fsp3) is 0.966. The molecule has 4 fully saturated rings. The molecule has 0 aromatic heterocycles. The molecule has 0 atom stereocenters. The van der Waals surface area contributed by atoms with Crippen LogP contribution in [-0.2, 0) is 4.79 Å². The summed E-state index contributed by atoms with van der Waals surface area (Å²) in [7, 11) is 0. The smallest absolute Gasteiger partial charge is 0.269 e. The van der Waals surface area contributed by atoms with Gasteiger partial charge in [-0.05, 0) is 83.0 Å². The Morgan fingerprint density at radius 2 is 1.09 bits per heavy atom. The van der Waals surface area contributed by atoms with Crippen molar-refractivity contribution in [3.8, 4) is 0 Å². The van der Waals surface area contributed by atoms with Crippen molar-refractivity contribution in [1.82, 2.24) is 5.43 Å². The minimum Gasteiger partial charge on any atom is -0.269 e. The zero-order valence-electron chi connectivity index (χ0n) is 21.9. The zero-order chi connectivity index (χ0) is 22.9. The van der Waals surface area contributed by atoms with Gasteiger partial charge in [0.25, 0.3) is 5.91 Å². The van der Waals surface area contributed by atoms with Crippen molar-refractivity contribution in [1.29, 1.82) is 0 Å². The molecular weight excluding hydrogens is 392 g/mol. The molecule has 32 heavy (non-hydrogen) atoms. The summed E-state index contributed by atoms with van der Waals surface area (Å²) in [5.41, 5.74) is 3.61. The molecule has 0 radical (unpaired) electrons. The monoisotopic (exact) mass is 447 g/mol. The van der Waals surface area contributed by atoms with Crippen molar-refractivity contribution in [2.24, 2.45) is 23.2 Å². The van der Waals surface area contributed by atoms with E-state index >= 15 is 0 Å². The van der Waals surface area contributed by atoms with E-state index in [0.29, 0.717) is 5.91 Å². The van der Waals surface area contributed by atoms with Crippen molar-refractivity contribution in [2.75, 3.05) is 19.6 Å². The Hall–Kier alpha value is -0.570. The Kier molecular flexibility index (Phi) is 10.4. The van der Waals surface area contributed by atoms with Crippen LogP contribution >= 0.6 is 0 Å². The normalized spacial score (nSPS) is 28.9. The van der Waals surface area contributed by atoms with Crippen LogP contribution in [0, 0.1) is 23.2 Å². The number of rotatable bonds is 17. The fourth-order valence-electron chi connectivity index (χ4n) is 7.73. The number of amides is 1. The van der Waals surface area contributed by atoms with Gasteiger partial charge in [0.1, 0.15) is 6.54 Å². The third kappa shape index (κ3) is 6.97. The average molecular weight is 448 g/mol. The minimum atomic E-state index is -0.0148. The van der Waals surface area contributed by atoms with E-state index in [1.54, 1.807) is 0 Å². The molecule has 0 aliphatic heterocycles. The first-order valence-electron chi connectivity index (χ1n) is 14.7. The topological polar surface area (TPSA) is 29.1 Å². The quantitative estimate of drug-likeness (QED) is 0.138. The van der Waals surface area contributed by atoms with Crippen LogP contribution in [0.4, 0.5) is 0 Å². The molecule has 0 aromatic carbocycles. The van der Waals surface area contributed by atoms with Crippen molar-refractivity contribution in [3.63, 3.8) is 0 Å². The molecule has 0 spiro atoms. The van der Waals surface area contributed by atoms with Crippen LogP contribution in [0.2, 0.25) is 0 Å². The van der Waals surface area contributed by atoms with E-state index in [0.717, 1.165) is 42.0 Å². The summed E-state index contributed by atoms with van der Waals surface area (Å²) in [5, 5.41) is 0.